The summed E-state index contributed by atoms with van der Waals surface area (Å²) in [6, 6.07) is 2.79. The van der Waals surface area contributed by atoms with Gasteiger partial charge in [0.2, 0.25) is 0 Å². The van der Waals surface area contributed by atoms with Gasteiger partial charge in [0.25, 0.3) is 0 Å². The highest BCUT2D eigenvalue weighted by Gasteiger charge is 2.16. The van der Waals surface area contributed by atoms with Gasteiger partial charge in [0.1, 0.15) is 5.82 Å². The van der Waals surface area contributed by atoms with Crippen molar-refractivity contribution in [1.29, 1.82) is 0 Å². The molecule has 0 aromatic heterocycles. The molecule has 1 aromatic carbocycles. The molecule has 0 heterocycles. The number of nitrogens with one attached hydrogen (secondary N) is 1. The molecule has 0 saturated carbocycles. The first kappa shape index (κ1) is 16.1. The number of hydrogen-bond acceptors (Lipinski definition) is 2. The monoisotopic (exact) mass is 309 g/mol. The summed E-state index contributed by atoms with van der Waals surface area (Å²) in [6.07, 6.45) is 4.36. The van der Waals surface area contributed by atoms with Crippen LogP contribution in [0.1, 0.15) is 31.4 Å². The predicted octanol–water partition coefficient (Wildman–Crippen LogP) is 4.93. The van der Waals surface area contributed by atoms with Gasteiger partial charge in [-0.1, -0.05) is 23.2 Å². The number of benzene rings is 1. The molecule has 1 unspecified atom stereocenters. The highest BCUT2D eigenvalue weighted by Crippen LogP contribution is 2.32. The first-order valence-corrected chi connectivity index (χ1v) is 8.08. The fourth-order valence-electron chi connectivity index (χ4n) is 1.73. The number of hydrogen-bond donors (Lipinski definition) is 1. The largest absolute Gasteiger partial charge is 0.310 e. The number of unbranched alkanes of at least 4 members (excludes halogenated alkanes) is 1. The molecule has 0 amide bonds. The van der Waals surface area contributed by atoms with Crippen LogP contribution in [-0.2, 0) is 0 Å². The Bertz CT molecular complexity index is 387. The van der Waals surface area contributed by atoms with Crippen LogP contribution in [0.4, 0.5) is 4.39 Å². The van der Waals surface area contributed by atoms with Crippen LogP contribution in [-0.4, -0.2) is 18.6 Å². The van der Waals surface area contributed by atoms with E-state index < -0.39 is 5.82 Å². The molecule has 0 radical (unpaired) electrons. The highest BCUT2D eigenvalue weighted by molar-refractivity contribution is 7.98. The van der Waals surface area contributed by atoms with Gasteiger partial charge in [-0.3, -0.25) is 0 Å². The number of halogens is 3. The van der Waals surface area contributed by atoms with Crippen LogP contribution in [0.3, 0.4) is 0 Å². The molecule has 18 heavy (non-hydrogen) atoms. The number of rotatable bonds is 7. The quantitative estimate of drug-likeness (QED) is 0.566. The zero-order valence-corrected chi connectivity index (χ0v) is 12.9. The molecular weight excluding hydrogens is 292 g/mol. The van der Waals surface area contributed by atoms with Crippen molar-refractivity contribution in [3.63, 3.8) is 0 Å². The molecule has 5 heteroatoms. The van der Waals surface area contributed by atoms with Gasteiger partial charge in [-0.2, -0.15) is 11.8 Å². The van der Waals surface area contributed by atoms with Crippen LogP contribution in [0.2, 0.25) is 10.0 Å². The van der Waals surface area contributed by atoms with Crippen molar-refractivity contribution in [1.82, 2.24) is 5.32 Å². The van der Waals surface area contributed by atoms with Crippen molar-refractivity contribution < 1.29 is 4.39 Å². The van der Waals surface area contributed by atoms with E-state index in [9.17, 15) is 4.39 Å². The Morgan fingerprint density at radius 1 is 1.33 bits per heavy atom. The van der Waals surface area contributed by atoms with Crippen molar-refractivity contribution in [2.75, 3.05) is 18.6 Å². The van der Waals surface area contributed by atoms with E-state index in [-0.39, 0.29) is 11.1 Å². The predicted molar refractivity (Wildman–Crippen MR) is 80.5 cm³/mol. The average Bonchev–Trinajstić information content (AvgIpc) is 2.34. The van der Waals surface area contributed by atoms with Gasteiger partial charge in [-0.05, 0) is 50.5 Å². The maximum Gasteiger partial charge on any atom is 0.142 e. The van der Waals surface area contributed by atoms with Crippen LogP contribution < -0.4 is 5.32 Å². The third-order valence-electron chi connectivity index (χ3n) is 2.74. The minimum Gasteiger partial charge on any atom is -0.310 e. The lowest BCUT2D eigenvalue weighted by molar-refractivity contribution is 0.550. The Labute approximate surface area is 122 Å². The van der Waals surface area contributed by atoms with Crippen LogP contribution in [0.5, 0.6) is 0 Å². The highest BCUT2D eigenvalue weighted by atomic mass is 35.5. The van der Waals surface area contributed by atoms with Crippen LogP contribution in [0.25, 0.3) is 0 Å². The molecule has 1 nitrogen and oxygen atoms in total. The van der Waals surface area contributed by atoms with E-state index in [1.165, 1.54) is 12.5 Å². The Kier molecular flexibility index (Phi) is 7.38. The van der Waals surface area contributed by atoms with Crippen molar-refractivity contribution in [2.24, 2.45) is 0 Å². The second-order valence-electron chi connectivity index (χ2n) is 4.13. The minimum atomic E-state index is -0.424. The van der Waals surface area contributed by atoms with E-state index in [2.05, 4.69) is 11.6 Å². The van der Waals surface area contributed by atoms with Gasteiger partial charge in [0, 0.05) is 16.6 Å². The van der Waals surface area contributed by atoms with Gasteiger partial charge in [-0.15, -0.1) is 0 Å². The van der Waals surface area contributed by atoms with Gasteiger partial charge in [0.15, 0.2) is 0 Å². The fourth-order valence-corrected chi connectivity index (χ4v) is 2.92. The SMILES string of the molecule is CSCCCCNC(C)c1c(Cl)ccc(F)c1Cl. The van der Waals surface area contributed by atoms with Crippen LogP contribution in [0.15, 0.2) is 12.1 Å². The topological polar surface area (TPSA) is 12.0 Å². The lowest BCUT2D eigenvalue weighted by atomic mass is 10.1. The summed E-state index contributed by atoms with van der Waals surface area (Å²) >= 11 is 13.9. The first-order valence-electron chi connectivity index (χ1n) is 5.93. The normalized spacial score (nSPS) is 12.7. The van der Waals surface area contributed by atoms with E-state index in [1.807, 2.05) is 18.7 Å². The van der Waals surface area contributed by atoms with E-state index in [0.717, 1.165) is 18.7 Å². The molecule has 1 aromatic rings. The molecule has 0 aliphatic rings. The molecule has 102 valence electrons. The molecule has 0 bridgehead atoms. The van der Waals surface area contributed by atoms with Gasteiger partial charge in [-0.25, -0.2) is 4.39 Å². The Balaban J connectivity index is 2.56. The van der Waals surface area contributed by atoms with Crippen molar-refractivity contribution in [2.45, 2.75) is 25.8 Å². The van der Waals surface area contributed by atoms with Gasteiger partial charge in [0.05, 0.1) is 5.02 Å². The Morgan fingerprint density at radius 2 is 2.06 bits per heavy atom. The summed E-state index contributed by atoms with van der Waals surface area (Å²) in [7, 11) is 0. The third kappa shape index (κ3) is 4.61. The van der Waals surface area contributed by atoms with E-state index >= 15 is 0 Å². The zero-order valence-electron chi connectivity index (χ0n) is 10.6. The van der Waals surface area contributed by atoms with E-state index in [0.29, 0.717) is 10.6 Å². The maximum absolute atomic E-state index is 13.4. The lowest BCUT2D eigenvalue weighted by Gasteiger charge is -2.17. The first-order chi connectivity index (χ1) is 8.57. The lowest BCUT2D eigenvalue weighted by Crippen LogP contribution is -2.20. The summed E-state index contributed by atoms with van der Waals surface area (Å²) in [4.78, 5) is 0. The van der Waals surface area contributed by atoms with Gasteiger partial charge >= 0.3 is 0 Å². The summed E-state index contributed by atoms with van der Waals surface area (Å²) in [5.74, 6) is 0.740. The molecule has 1 atom stereocenters. The zero-order chi connectivity index (χ0) is 13.5. The summed E-state index contributed by atoms with van der Waals surface area (Å²) in [5, 5.41) is 3.94. The minimum absolute atomic E-state index is 0.0463. The standard InChI is InChI=1S/C13H18Cl2FNS/c1-9(17-7-3-4-8-18-2)12-10(14)5-6-11(16)13(12)15/h5-6,9,17H,3-4,7-8H2,1-2H3. The summed E-state index contributed by atoms with van der Waals surface area (Å²) in [5.41, 5.74) is 0.642. The van der Waals surface area contributed by atoms with Gasteiger partial charge < -0.3 is 5.32 Å². The van der Waals surface area contributed by atoms with E-state index in [1.54, 1.807) is 6.07 Å². The molecule has 1 rings (SSSR count). The second-order valence-corrected chi connectivity index (χ2v) is 5.90. The average molecular weight is 310 g/mol. The molecule has 0 saturated heterocycles. The molecular formula is C13H18Cl2FNS. The Hall–Kier alpha value is 0.0400. The van der Waals surface area contributed by atoms with Crippen molar-refractivity contribution >= 4 is 35.0 Å². The Morgan fingerprint density at radius 3 is 2.72 bits per heavy atom. The summed E-state index contributed by atoms with van der Waals surface area (Å²) < 4.78 is 13.4. The smallest absolute Gasteiger partial charge is 0.142 e. The maximum atomic E-state index is 13.4. The van der Waals surface area contributed by atoms with E-state index in [4.69, 9.17) is 23.2 Å². The van der Waals surface area contributed by atoms with Crippen molar-refractivity contribution in [3.8, 4) is 0 Å². The van der Waals surface area contributed by atoms with Crippen molar-refractivity contribution in [3.05, 3.63) is 33.6 Å². The number of thioether (sulfide) groups is 1. The van der Waals surface area contributed by atoms with Crippen LogP contribution in [0, 0.1) is 5.82 Å². The molecule has 0 aliphatic carbocycles. The van der Waals surface area contributed by atoms with Crippen LogP contribution >= 0.6 is 35.0 Å². The molecule has 1 N–H and O–H groups in total. The second kappa shape index (κ2) is 8.26. The fraction of sp³-hybridized carbons (Fsp3) is 0.538. The molecule has 0 fully saturated rings. The summed E-state index contributed by atoms with van der Waals surface area (Å²) in [6.45, 7) is 2.83. The molecule has 0 spiro atoms. The molecule has 0 aliphatic heterocycles. The third-order valence-corrected chi connectivity index (χ3v) is 4.15.